The molecule has 3 rings (SSSR count). The highest BCUT2D eigenvalue weighted by atomic mass is 35.5. The van der Waals surface area contributed by atoms with Crippen LogP contribution in [0.2, 0.25) is 0 Å². The van der Waals surface area contributed by atoms with Gasteiger partial charge < -0.3 is 5.73 Å². The Labute approximate surface area is 149 Å². The summed E-state index contributed by atoms with van der Waals surface area (Å²) in [6.45, 7) is 3.30. The third-order valence-corrected chi connectivity index (χ3v) is 5.85. The normalized spacial score (nSPS) is 19.7. The van der Waals surface area contributed by atoms with Gasteiger partial charge in [-0.3, -0.25) is 9.71 Å². The molecule has 1 aliphatic carbocycles. The topological polar surface area (TPSA) is 85.1 Å². The molecule has 24 heavy (non-hydrogen) atoms. The lowest BCUT2D eigenvalue weighted by molar-refractivity contribution is 0.593. The second kappa shape index (κ2) is 7.09. The number of nitrogens with one attached hydrogen (secondary N) is 1. The minimum Gasteiger partial charge on any atom is -0.327 e. The van der Waals surface area contributed by atoms with Gasteiger partial charge in [-0.15, -0.1) is 12.4 Å². The molecular weight excluding hydrogens is 346 g/mol. The number of hydrogen-bond donors (Lipinski definition) is 2. The molecule has 1 aromatic carbocycles. The van der Waals surface area contributed by atoms with Crippen LogP contribution in [0.3, 0.4) is 0 Å². The van der Waals surface area contributed by atoms with Crippen LogP contribution in [0.25, 0.3) is 11.3 Å². The smallest absolute Gasteiger partial charge is 0.235 e. The van der Waals surface area contributed by atoms with Crippen LogP contribution in [-0.4, -0.2) is 24.7 Å². The van der Waals surface area contributed by atoms with E-state index in [4.69, 9.17) is 5.73 Å². The van der Waals surface area contributed by atoms with E-state index >= 15 is 0 Å². The second-order valence-corrected chi connectivity index (χ2v) is 8.50. The van der Waals surface area contributed by atoms with E-state index in [1.165, 1.54) is 0 Å². The average molecular weight is 368 g/mol. The van der Waals surface area contributed by atoms with E-state index in [0.29, 0.717) is 11.6 Å². The van der Waals surface area contributed by atoms with Crippen molar-refractivity contribution in [3.05, 3.63) is 48.2 Å². The molecule has 7 heteroatoms. The number of pyridine rings is 1. The van der Waals surface area contributed by atoms with Gasteiger partial charge in [-0.25, -0.2) is 8.42 Å². The van der Waals surface area contributed by atoms with Crippen molar-refractivity contribution >= 4 is 28.1 Å². The van der Waals surface area contributed by atoms with E-state index in [1.54, 1.807) is 26.0 Å². The average Bonchev–Trinajstić information content (AvgIpc) is 3.24. The van der Waals surface area contributed by atoms with Crippen LogP contribution in [0.1, 0.15) is 31.7 Å². The molecular formula is C17H22ClN3O2S. The summed E-state index contributed by atoms with van der Waals surface area (Å²) in [5, 5.41) is -0.480. The number of aromatic nitrogens is 1. The van der Waals surface area contributed by atoms with Crippen LogP contribution >= 0.6 is 12.4 Å². The molecule has 2 aromatic rings. The fraction of sp³-hybridized carbons (Fsp3) is 0.353. The maximum atomic E-state index is 12.0. The summed E-state index contributed by atoms with van der Waals surface area (Å²) in [6, 6.07) is 11.5. The van der Waals surface area contributed by atoms with E-state index in [9.17, 15) is 8.42 Å². The molecule has 0 aliphatic heterocycles. The van der Waals surface area contributed by atoms with Crippen LogP contribution in [-0.2, 0) is 10.0 Å². The van der Waals surface area contributed by atoms with E-state index in [2.05, 4.69) is 9.71 Å². The van der Waals surface area contributed by atoms with Crippen molar-refractivity contribution < 1.29 is 8.42 Å². The van der Waals surface area contributed by atoms with Crippen molar-refractivity contribution in [3.63, 3.8) is 0 Å². The summed E-state index contributed by atoms with van der Waals surface area (Å²) < 4.78 is 26.5. The SMILES string of the molecule is CC(C)S(=O)(=O)Nc1cccc(-c2ccc([C@H]3C[C@@H]3N)cn2)c1.Cl. The van der Waals surface area contributed by atoms with Crippen LogP contribution in [0.5, 0.6) is 0 Å². The molecule has 3 N–H and O–H groups in total. The van der Waals surface area contributed by atoms with Gasteiger partial charge in [0.1, 0.15) is 0 Å². The molecule has 0 radical (unpaired) electrons. The highest BCUT2D eigenvalue weighted by Gasteiger charge is 2.34. The molecule has 1 heterocycles. The Morgan fingerprint density at radius 1 is 1.25 bits per heavy atom. The Kier molecular flexibility index (Phi) is 5.52. The van der Waals surface area contributed by atoms with E-state index < -0.39 is 15.3 Å². The molecule has 1 saturated carbocycles. The fourth-order valence-corrected chi connectivity index (χ4v) is 3.11. The van der Waals surface area contributed by atoms with Crippen LogP contribution in [0.15, 0.2) is 42.6 Å². The first-order valence-corrected chi connectivity index (χ1v) is 9.25. The number of nitrogens with zero attached hydrogens (tertiary/aromatic N) is 1. The Hall–Kier alpha value is -1.63. The third-order valence-electron chi connectivity index (χ3n) is 4.09. The summed E-state index contributed by atoms with van der Waals surface area (Å²) in [6.07, 6.45) is 2.88. The zero-order chi connectivity index (χ0) is 16.6. The second-order valence-electron chi connectivity index (χ2n) is 6.26. The van der Waals surface area contributed by atoms with Crippen LogP contribution in [0, 0.1) is 0 Å². The lowest BCUT2D eigenvalue weighted by Crippen LogP contribution is -2.22. The summed E-state index contributed by atoms with van der Waals surface area (Å²) in [5.41, 5.74) is 9.26. The van der Waals surface area contributed by atoms with Crippen molar-refractivity contribution in [1.29, 1.82) is 0 Å². The molecule has 1 fully saturated rings. The lowest BCUT2D eigenvalue weighted by atomic mass is 10.1. The number of nitrogens with two attached hydrogens (primary N) is 1. The van der Waals surface area contributed by atoms with Crippen molar-refractivity contribution in [2.75, 3.05) is 4.72 Å². The van der Waals surface area contributed by atoms with Gasteiger partial charge in [-0.1, -0.05) is 18.2 Å². The maximum absolute atomic E-state index is 12.0. The first-order chi connectivity index (χ1) is 10.9. The summed E-state index contributed by atoms with van der Waals surface area (Å²) in [7, 11) is -3.35. The van der Waals surface area contributed by atoms with E-state index in [-0.39, 0.29) is 18.4 Å². The number of rotatable bonds is 5. The largest absolute Gasteiger partial charge is 0.327 e. The molecule has 0 bridgehead atoms. The molecule has 1 aliphatic rings. The minimum absolute atomic E-state index is 0. The zero-order valence-electron chi connectivity index (χ0n) is 13.6. The standard InChI is InChI=1S/C17H21N3O2S.ClH/c1-11(2)23(21,22)20-14-5-3-4-12(8-14)17-7-6-13(10-19-17)15-9-16(15)18;/h3-8,10-11,15-16,20H,9,18H2,1-2H3;1H/t15-,16+;/m1./s1. The van der Waals surface area contributed by atoms with Gasteiger partial charge in [0.05, 0.1) is 10.9 Å². The minimum atomic E-state index is -3.35. The van der Waals surface area contributed by atoms with Gasteiger partial charge in [0.25, 0.3) is 0 Å². The summed E-state index contributed by atoms with van der Waals surface area (Å²) in [4.78, 5) is 4.48. The molecule has 0 spiro atoms. The molecule has 1 aromatic heterocycles. The van der Waals surface area contributed by atoms with Gasteiger partial charge in [0.2, 0.25) is 10.0 Å². The van der Waals surface area contributed by atoms with E-state index in [0.717, 1.165) is 23.2 Å². The van der Waals surface area contributed by atoms with E-state index in [1.807, 2.05) is 30.5 Å². The monoisotopic (exact) mass is 367 g/mol. The molecule has 0 saturated heterocycles. The van der Waals surface area contributed by atoms with Crippen molar-refractivity contribution in [3.8, 4) is 11.3 Å². The first kappa shape index (κ1) is 18.7. The number of hydrogen-bond acceptors (Lipinski definition) is 4. The highest BCUT2D eigenvalue weighted by Crippen LogP contribution is 2.38. The fourth-order valence-electron chi connectivity index (χ4n) is 2.42. The Balaban J connectivity index is 0.00000208. The van der Waals surface area contributed by atoms with Crippen molar-refractivity contribution in [2.45, 2.75) is 37.5 Å². The predicted molar refractivity (Wildman–Crippen MR) is 99.9 cm³/mol. The zero-order valence-corrected chi connectivity index (χ0v) is 15.3. The Morgan fingerprint density at radius 2 is 1.96 bits per heavy atom. The number of benzene rings is 1. The van der Waals surface area contributed by atoms with Crippen molar-refractivity contribution in [1.82, 2.24) is 4.98 Å². The van der Waals surface area contributed by atoms with Crippen LogP contribution < -0.4 is 10.5 Å². The Morgan fingerprint density at radius 3 is 2.50 bits per heavy atom. The molecule has 0 unspecified atom stereocenters. The molecule has 2 atom stereocenters. The molecule has 0 amide bonds. The molecule has 5 nitrogen and oxygen atoms in total. The third kappa shape index (κ3) is 4.06. The highest BCUT2D eigenvalue weighted by molar-refractivity contribution is 7.93. The van der Waals surface area contributed by atoms with Crippen LogP contribution in [0.4, 0.5) is 5.69 Å². The quantitative estimate of drug-likeness (QED) is 0.850. The predicted octanol–water partition coefficient (Wildman–Crippen LogP) is 3.14. The maximum Gasteiger partial charge on any atom is 0.235 e. The molecule has 130 valence electrons. The Bertz CT molecular complexity index is 807. The van der Waals surface area contributed by atoms with Gasteiger partial charge in [-0.2, -0.15) is 0 Å². The van der Waals surface area contributed by atoms with Gasteiger partial charge >= 0.3 is 0 Å². The van der Waals surface area contributed by atoms with Gasteiger partial charge in [-0.05, 0) is 44.0 Å². The summed E-state index contributed by atoms with van der Waals surface area (Å²) >= 11 is 0. The number of anilines is 1. The van der Waals surface area contributed by atoms with Gasteiger partial charge in [0, 0.05) is 29.4 Å². The number of halogens is 1. The number of sulfonamides is 1. The first-order valence-electron chi connectivity index (χ1n) is 7.70. The van der Waals surface area contributed by atoms with Gasteiger partial charge in [0.15, 0.2) is 0 Å². The van der Waals surface area contributed by atoms with Crippen molar-refractivity contribution in [2.24, 2.45) is 5.73 Å². The lowest BCUT2D eigenvalue weighted by Gasteiger charge is -2.11. The summed E-state index contributed by atoms with van der Waals surface area (Å²) in [5.74, 6) is 0.431.